The molecule has 0 nitrogen and oxygen atoms in total. The quantitative estimate of drug-likeness (QED) is 0.121. The largest absolute Gasteiger partial charge is 0.0839 e. The molecular weight excluding hydrogens is 745 g/mol. The van der Waals surface area contributed by atoms with E-state index in [9.17, 15) is 0 Å². The van der Waals surface area contributed by atoms with Crippen molar-refractivity contribution >= 4 is 5.57 Å². The highest BCUT2D eigenvalue weighted by molar-refractivity contribution is 5.79. The maximum absolute atomic E-state index is 2.35. The molecule has 1 atom stereocenters. The van der Waals surface area contributed by atoms with E-state index in [0.29, 0.717) is 5.92 Å². The lowest BCUT2D eigenvalue weighted by Crippen LogP contribution is -1.96. The predicted molar refractivity (Wildman–Crippen MR) is 279 cm³/mol. The van der Waals surface area contributed by atoms with Crippen molar-refractivity contribution in [2.75, 3.05) is 0 Å². The molecule has 0 radical (unpaired) electrons. The molecule has 0 heteroatoms. The van der Waals surface area contributed by atoms with E-state index in [1.165, 1.54) is 128 Å². The van der Waals surface area contributed by atoms with Gasteiger partial charge < -0.3 is 0 Å². The first-order chi connectivity index (χ1) is 30.0. The lowest BCUT2D eigenvalue weighted by molar-refractivity contribution is 0.702. The number of rotatable bonds is 10. The van der Waals surface area contributed by atoms with Gasteiger partial charge in [-0.15, -0.1) is 0 Å². The lowest BCUT2D eigenvalue weighted by atomic mass is 9.88. The van der Waals surface area contributed by atoms with Crippen molar-refractivity contribution in [1.29, 1.82) is 0 Å². The minimum atomic E-state index is 0.698. The fourth-order valence-corrected chi connectivity index (χ4v) is 7.52. The zero-order valence-electron chi connectivity index (χ0n) is 40.9. The third-order valence-electron chi connectivity index (χ3n) is 11.7. The topological polar surface area (TPSA) is 0 Å². The van der Waals surface area contributed by atoms with Gasteiger partial charge in [0, 0.05) is 0 Å². The Morgan fingerprint density at radius 1 is 0.435 bits per heavy atom. The molecule has 0 heterocycles. The van der Waals surface area contributed by atoms with Crippen LogP contribution in [-0.2, 0) is 0 Å². The van der Waals surface area contributed by atoms with Gasteiger partial charge in [0.2, 0.25) is 0 Å². The molecule has 0 fully saturated rings. The van der Waals surface area contributed by atoms with Crippen LogP contribution in [0.1, 0.15) is 151 Å². The van der Waals surface area contributed by atoms with Gasteiger partial charge in [0.05, 0.1) is 0 Å². The highest BCUT2D eigenvalue weighted by Crippen LogP contribution is 2.34. The minimum absolute atomic E-state index is 0.698. The van der Waals surface area contributed by atoms with Crippen molar-refractivity contribution in [2.24, 2.45) is 0 Å². The molecule has 1 aliphatic rings. The van der Waals surface area contributed by atoms with Gasteiger partial charge in [0.1, 0.15) is 0 Å². The Hall–Kier alpha value is -5.20. The number of allylic oxidation sites excluding steroid dienone is 4. The SMILES string of the molecule is CC1=C(c2cc(-c3ccccc3)ccc2C)CCC=C1.CCCC.CCCCCC.CC[C@@H](C)c1cc(C)cc(C)c1.Cc1ccccc1-c1cc(-c2ccccc2)ccc1C. The van der Waals surface area contributed by atoms with E-state index in [1.54, 1.807) is 0 Å². The summed E-state index contributed by atoms with van der Waals surface area (Å²) in [4.78, 5) is 0. The van der Waals surface area contributed by atoms with E-state index in [-0.39, 0.29) is 0 Å². The Morgan fingerprint density at radius 2 is 0.903 bits per heavy atom. The van der Waals surface area contributed by atoms with Crippen LogP contribution in [-0.4, -0.2) is 0 Å². The van der Waals surface area contributed by atoms with Gasteiger partial charge in [-0.25, -0.2) is 0 Å². The van der Waals surface area contributed by atoms with Crippen LogP contribution in [0.25, 0.3) is 39.0 Å². The standard InChI is InChI=1S/C20H20.C20H18.C12H18.C6H14.C4H10/c2*1-15-8-6-7-11-19(15)20-14-18(13-12-16(20)2)17-9-4-3-5-10-17;1-5-11(4)12-7-9(2)6-10(3)8-12;1-3-5-6-4-2;1-3-4-2/h3-6,8-10,12-14H,7,11H2,1-2H3;3-14H,1-2H3;6-8,11H,5H2,1-4H3;3-6H2,1-2H3;3-4H2,1-2H3/t;;11-;;/m..1../s1. The summed E-state index contributed by atoms with van der Waals surface area (Å²) in [6.45, 7) is 26.5. The normalized spacial score (nSPS) is 12.0. The maximum Gasteiger partial charge on any atom is -0.0146 e. The molecule has 0 N–H and O–H groups in total. The Balaban J connectivity index is 0.000000229. The number of hydrogen-bond donors (Lipinski definition) is 0. The zero-order valence-corrected chi connectivity index (χ0v) is 40.9. The number of benzene rings is 6. The van der Waals surface area contributed by atoms with Crippen LogP contribution in [0.3, 0.4) is 0 Å². The summed E-state index contributed by atoms with van der Waals surface area (Å²) in [7, 11) is 0. The highest BCUT2D eigenvalue weighted by atomic mass is 14.2. The van der Waals surface area contributed by atoms with Crippen molar-refractivity contribution in [3.8, 4) is 33.4 Å². The van der Waals surface area contributed by atoms with Crippen molar-refractivity contribution in [2.45, 2.75) is 147 Å². The van der Waals surface area contributed by atoms with Gasteiger partial charge in [0.15, 0.2) is 0 Å². The molecule has 0 spiro atoms. The third-order valence-corrected chi connectivity index (χ3v) is 11.7. The highest BCUT2D eigenvalue weighted by Gasteiger charge is 2.12. The van der Waals surface area contributed by atoms with Gasteiger partial charge in [-0.1, -0.05) is 231 Å². The molecule has 0 aromatic heterocycles. The monoisotopic (exact) mass is 825 g/mol. The fourth-order valence-electron chi connectivity index (χ4n) is 7.52. The molecule has 1 aliphatic carbocycles. The Morgan fingerprint density at radius 3 is 1.37 bits per heavy atom. The number of hydrogen-bond acceptors (Lipinski definition) is 0. The molecule has 6 aromatic rings. The molecule has 62 heavy (non-hydrogen) atoms. The average Bonchev–Trinajstić information content (AvgIpc) is 3.30. The molecule has 6 aromatic carbocycles. The summed E-state index contributed by atoms with van der Waals surface area (Å²) >= 11 is 0. The number of aryl methyl sites for hydroxylation is 5. The molecule has 0 aliphatic heterocycles. The predicted octanol–water partition coefficient (Wildman–Crippen LogP) is 19.6. The van der Waals surface area contributed by atoms with Gasteiger partial charge in [-0.2, -0.15) is 0 Å². The summed E-state index contributed by atoms with van der Waals surface area (Å²) in [5, 5.41) is 0. The summed E-state index contributed by atoms with van der Waals surface area (Å²) in [5.74, 6) is 0.698. The summed E-state index contributed by atoms with van der Waals surface area (Å²) in [6, 6.07) is 50.1. The van der Waals surface area contributed by atoms with Crippen LogP contribution in [0.5, 0.6) is 0 Å². The summed E-state index contributed by atoms with van der Waals surface area (Å²) < 4.78 is 0. The molecule has 0 saturated carbocycles. The van der Waals surface area contributed by atoms with Crippen LogP contribution in [0.4, 0.5) is 0 Å². The first kappa shape index (κ1) is 51.2. The first-order valence-corrected chi connectivity index (χ1v) is 23.8. The van der Waals surface area contributed by atoms with Crippen LogP contribution in [0, 0.1) is 34.6 Å². The molecule has 0 unspecified atom stereocenters. The van der Waals surface area contributed by atoms with Crippen molar-refractivity contribution in [1.82, 2.24) is 0 Å². The van der Waals surface area contributed by atoms with Gasteiger partial charge in [-0.05, 0) is 151 Å². The van der Waals surface area contributed by atoms with E-state index in [2.05, 4.69) is 235 Å². The van der Waals surface area contributed by atoms with Gasteiger partial charge >= 0.3 is 0 Å². The Labute approximate surface area is 380 Å². The second-order valence-electron chi connectivity index (χ2n) is 17.1. The third kappa shape index (κ3) is 16.9. The molecule has 0 amide bonds. The van der Waals surface area contributed by atoms with E-state index in [4.69, 9.17) is 0 Å². The zero-order chi connectivity index (χ0) is 45.3. The second kappa shape index (κ2) is 28.4. The molecular formula is C62H80. The Kier molecular flexibility index (Phi) is 23.4. The molecule has 0 bridgehead atoms. The van der Waals surface area contributed by atoms with Crippen LogP contribution < -0.4 is 0 Å². The summed E-state index contributed by atoms with van der Waals surface area (Å²) in [6.07, 6.45) is 16.2. The van der Waals surface area contributed by atoms with E-state index in [0.717, 1.165) is 12.8 Å². The van der Waals surface area contributed by atoms with Crippen molar-refractivity contribution < 1.29 is 0 Å². The van der Waals surface area contributed by atoms with Crippen LogP contribution in [0.15, 0.2) is 157 Å². The second-order valence-corrected chi connectivity index (χ2v) is 17.1. The average molecular weight is 825 g/mol. The molecule has 328 valence electrons. The maximum atomic E-state index is 2.35. The van der Waals surface area contributed by atoms with Crippen LogP contribution in [0.2, 0.25) is 0 Å². The number of unbranched alkanes of at least 4 members (excludes halogenated alkanes) is 4. The van der Waals surface area contributed by atoms with Gasteiger partial charge in [0.25, 0.3) is 0 Å². The molecule has 7 rings (SSSR count). The molecule has 0 saturated heterocycles. The van der Waals surface area contributed by atoms with Crippen LogP contribution >= 0.6 is 0 Å². The van der Waals surface area contributed by atoms with E-state index < -0.39 is 0 Å². The Bertz CT molecular complexity index is 2200. The van der Waals surface area contributed by atoms with Crippen molar-refractivity contribution in [3.05, 3.63) is 196 Å². The van der Waals surface area contributed by atoms with Crippen molar-refractivity contribution in [3.63, 3.8) is 0 Å². The smallest absolute Gasteiger partial charge is 0.0146 e. The lowest BCUT2D eigenvalue weighted by Gasteiger charge is -2.17. The van der Waals surface area contributed by atoms with Gasteiger partial charge in [-0.3, -0.25) is 0 Å². The van der Waals surface area contributed by atoms with E-state index in [1.807, 2.05) is 0 Å². The first-order valence-electron chi connectivity index (χ1n) is 23.8. The van der Waals surface area contributed by atoms with E-state index >= 15 is 0 Å². The minimum Gasteiger partial charge on any atom is -0.0839 e. The fraction of sp³-hybridized carbons (Fsp3) is 0.355. The summed E-state index contributed by atoms with van der Waals surface area (Å²) in [5.41, 5.74) is 20.4.